The third-order valence-corrected chi connectivity index (χ3v) is 5.13. The molecule has 2 aromatic rings. The van der Waals surface area contributed by atoms with Crippen LogP contribution in [0.3, 0.4) is 0 Å². The summed E-state index contributed by atoms with van der Waals surface area (Å²) >= 11 is 0. The first-order valence-corrected chi connectivity index (χ1v) is 9.52. The van der Waals surface area contributed by atoms with E-state index in [2.05, 4.69) is 15.2 Å². The van der Waals surface area contributed by atoms with Crippen LogP contribution in [0, 0.1) is 11.7 Å². The highest BCUT2D eigenvalue weighted by atomic mass is 19.1. The molecule has 1 aromatic heterocycles. The highest BCUT2D eigenvalue weighted by molar-refractivity contribution is 5.80. The summed E-state index contributed by atoms with van der Waals surface area (Å²) in [4.78, 5) is 19.7. The van der Waals surface area contributed by atoms with Crippen molar-refractivity contribution in [1.29, 1.82) is 0 Å². The number of benzene rings is 1. The van der Waals surface area contributed by atoms with E-state index in [4.69, 9.17) is 4.74 Å². The Labute approximate surface area is 159 Å². The second-order valence-electron chi connectivity index (χ2n) is 7.37. The van der Waals surface area contributed by atoms with Crippen LogP contribution in [0.15, 0.2) is 24.3 Å². The predicted octanol–water partition coefficient (Wildman–Crippen LogP) is 2.81. The van der Waals surface area contributed by atoms with Gasteiger partial charge in [-0.1, -0.05) is 0 Å². The first-order valence-electron chi connectivity index (χ1n) is 9.52. The largest absolute Gasteiger partial charge is 0.385 e. The van der Waals surface area contributed by atoms with Crippen LogP contribution in [-0.2, 0) is 11.3 Å². The second-order valence-corrected chi connectivity index (χ2v) is 7.37. The standard InChI is InChI=1S/C20H29FN4O2/c1-24(14-18-11-16-10-17(21)4-5-19(16)23-18)20(26)22-12-15-6-8-25(13-15)7-3-9-27-2/h4-5,10-11,15,23H,3,6-9,12-14H2,1-2H3,(H,22,26)/t15-/m1/s1. The molecule has 1 atom stereocenters. The van der Waals surface area contributed by atoms with Gasteiger partial charge in [0.05, 0.1) is 6.54 Å². The van der Waals surface area contributed by atoms with E-state index in [9.17, 15) is 9.18 Å². The van der Waals surface area contributed by atoms with Crippen LogP contribution < -0.4 is 5.32 Å². The number of H-pyrrole nitrogens is 1. The topological polar surface area (TPSA) is 60.6 Å². The van der Waals surface area contributed by atoms with Crippen LogP contribution in [0.5, 0.6) is 0 Å². The van der Waals surface area contributed by atoms with Crippen molar-refractivity contribution >= 4 is 16.9 Å². The van der Waals surface area contributed by atoms with Crippen molar-refractivity contribution < 1.29 is 13.9 Å². The zero-order chi connectivity index (χ0) is 19.2. The number of hydrogen-bond acceptors (Lipinski definition) is 3. The molecule has 0 radical (unpaired) electrons. The molecule has 0 unspecified atom stereocenters. The van der Waals surface area contributed by atoms with Crippen molar-refractivity contribution in [1.82, 2.24) is 20.1 Å². The van der Waals surface area contributed by atoms with Gasteiger partial charge in [0.1, 0.15) is 5.82 Å². The lowest BCUT2D eigenvalue weighted by molar-refractivity contribution is 0.178. The Morgan fingerprint density at radius 2 is 2.30 bits per heavy atom. The third-order valence-electron chi connectivity index (χ3n) is 5.13. The van der Waals surface area contributed by atoms with Gasteiger partial charge in [0.2, 0.25) is 0 Å². The number of nitrogens with one attached hydrogen (secondary N) is 2. The quantitative estimate of drug-likeness (QED) is 0.697. The summed E-state index contributed by atoms with van der Waals surface area (Å²) in [7, 11) is 3.50. The predicted molar refractivity (Wildman–Crippen MR) is 104 cm³/mol. The van der Waals surface area contributed by atoms with Gasteiger partial charge in [-0.3, -0.25) is 0 Å². The van der Waals surface area contributed by atoms with Crippen LogP contribution in [0.4, 0.5) is 9.18 Å². The first-order chi connectivity index (χ1) is 13.0. The molecule has 1 saturated heterocycles. The Morgan fingerprint density at radius 3 is 3.11 bits per heavy atom. The summed E-state index contributed by atoms with van der Waals surface area (Å²) in [5.74, 6) is 0.243. The normalized spacial score (nSPS) is 17.5. The molecule has 2 heterocycles. The van der Waals surface area contributed by atoms with Crippen LogP contribution in [0.2, 0.25) is 0 Å². The number of fused-ring (bicyclic) bond motifs is 1. The molecular weight excluding hydrogens is 347 g/mol. The number of urea groups is 1. The van der Waals surface area contributed by atoms with E-state index in [0.717, 1.165) is 55.7 Å². The minimum Gasteiger partial charge on any atom is -0.385 e. The fraction of sp³-hybridized carbons (Fsp3) is 0.550. The number of ether oxygens (including phenoxy) is 1. The van der Waals surface area contributed by atoms with Gasteiger partial charge in [-0.25, -0.2) is 9.18 Å². The minimum atomic E-state index is -0.257. The van der Waals surface area contributed by atoms with Gasteiger partial charge < -0.3 is 24.8 Å². The van der Waals surface area contributed by atoms with E-state index in [1.165, 1.54) is 12.1 Å². The summed E-state index contributed by atoms with van der Waals surface area (Å²) in [6, 6.07) is 6.44. The number of carbonyl (C=O) groups is 1. The number of aromatic nitrogens is 1. The second kappa shape index (κ2) is 9.19. The molecule has 2 amide bonds. The third kappa shape index (κ3) is 5.43. The highest BCUT2D eigenvalue weighted by Gasteiger charge is 2.23. The van der Waals surface area contributed by atoms with Crippen LogP contribution in [0.25, 0.3) is 10.9 Å². The maximum absolute atomic E-state index is 13.3. The van der Waals surface area contributed by atoms with E-state index in [1.54, 1.807) is 25.1 Å². The molecule has 2 N–H and O–H groups in total. The van der Waals surface area contributed by atoms with Crippen molar-refractivity contribution in [3.05, 3.63) is 35.8 Å². The van der Waals surface area contributed by atoms with E-state index in [0.29, 0.717) is 19.0 Å². The number of rotatable bonds is 8. The molecule has 6 nitrogen and oxygen atoms in total. The van der Waals surface area contributed by atoms with Gasteiger partial charge >= 0.3 is 6.03 Å². The monoisotopic (exact) mass is 376 g/mol. The molecule has 27 heavy (non-hydrogen) atoms. The average Bonchev–Trinajstić information content (AvgIpc) is 3.25. The fourth-order valence-corrected chi connectivity index (χ4v) is 3.66. The Kier molecular flexibility index (Phi) is 6.68. The lowest BCUT2D eigenvalue weighted by Crippen LogP contribution is -2.39. The van der Waals surface area contributed by atoms with Gasteiger partial charge in [0.25, 0.3) is 0 Å². The van der Waals surface area contributed by atoms with E-state index in [-0.39, 0.29) is 11.8 Å². The Balaban J connectivity index is 1.42. The number of hydrogen-bond donors (Lipinski definition) is 2. The van der Waals surface area contributed by atoms with Crippen molar-refractivity contribution in [2.45, 2.75) is 19.4 Å². The summed E-state index contributed by atoms with van der Waals surface area (Å²) in [5.41, 5.74) is 1.76. The van der Waals surface area contributed by atoms with Crippen molar-refractivity contribution in [3.8, 4) is 0 Å². The number of nitrogens with zero attached hydrogens (tertiary/aromatic N) is 2. The van der Waals surface area contributed by atoms with E-state index >= 15 is 0 Å². The van der Waals surface area contributed by atoms with Crippen LogP contribution >= 0.6 is 0 Å². The number of halogens is 1. The van der Waals surface area contributed by atoms with Crippen molar-refractivity contribution in [3.63, 3.8) is 0 Å². The number of methoxy groups -OCH3 is 1. The summed E-state index contributed by atoms with van der Waals surface area (Å²) in [6.45, 7) is 5.12. The molecule has 0 aliphatic carbocycles. The minimum absolute atomic E-state index is 0.0855. The molecule has 0 bridgehead atoms. The lowest BCUT2D eigenvalue weighted by Gasteiger charge is -2.19. The van der Waals surface area contributed by atoms with Crippen LogP contribution in [-0.4, -0.2) is 67.8 Å². The fourth-order valence-electron chi connectivity index (χ4n) is 3.66. The van der Waals surface area contributed by atoms with E-state index < -0.39 is 0 Å². The van der Waals surface area contributed by atoms with E-state index in [1.807, 2.05) is 6.07 Å². The Hall–Kier alpha value is -2.12. The molecule has 7 heteroatoms. The maximum atomic E-state index is 13.3. The molecule has 0 spiro atoms. The first kappa shape index (κ1) is 19.6. The smallest absolute Gasteiger partial charge is 0.317 e. The average molecular weight is 376 g/mol. The number of carbonyl (C=O) groups excluding carboxylic acids is 1. The number of aromatic amines is 1. The zero-order valence-corrected chi connectivity index (χ0v) is 16.1. The zero-order valence-electron chi connectivity index (χ0n) is 16.1. The summed E-state index contributed by atoms with van der Waals surface area (Å²) < 4.78 is 18.4. The van der Waals surface area contributed by atoms with Crippen molar-refractivity contribution in [2.24, 2.45) is 5.92 Å². The van der Waals surface area contributed by atoms with Crippen molar-refractivity contribution in [2.75, 3.05) is 46.9 Å². The Morgan fingerprint density at radius 1 is 1.44 bits per heavy atom. The molecule has 0 saturated carbocycles. The van der Waals surface area contributed by atoms with Gasteiger partial charge in [-0.15, -0.1) is 0 Å². The molecular formula is C20H29FN4O2. The number of likely N-dealkylation sites (tertiary alicyclic amines) is 1. The SMILES string of the molecule is COCCCN1CC[C@H](CNC(=O)N(C)Cc2cc3cc(F)ccc3[nH]2)C1. The van der Waals surface area contributed by atoms with Gasteiger partial charge in [-0.2, -0.15) is 0 Å². The lowest BCUT2D eigenvalue weighted by atomic mass is 10.1. The molecule has 1 fully saturated rings. The molecule has 148 valence electrons. The maximum Gasteiger partial charge on any atom is 0.317 e. The molecule has 1 aromatic carbocycles. The van der Waals surface area contributed by atoms with Crippen LogP contribution in [0.1, 0.15) is 18.5 Å². The van der Waals surface area contributed by atoms with Gasteiger partial charge in [0.15, 0.2) is 0 Å². The highest BCUT2D eigenvalue weighted by Crippen LogP contribution is 2.18. The Bertz CT molecular complexity index is 764. The number of amides is 2. The summed E-state index contributed by atoms with van der Waals surface area (Å²) in [5, 5.41) is 3.85. The van der Waals surface area contributed by atoms with Gasteiger partial charge in [0, 0.05) is 57.0 Å². The molecule has 3 rings (SSSR count). The molecule has 1 aliphatic rings. The van der Waals surface area contributed by atoms with Gasteiger partial charge in [-0.05, 0) is 49.6 Å². The molecule has 1 aliphatic heterocycles. The summed E-state index contributed by atoms with van der Waals surface area (Å²) in [6.07, 6.45) is 2.16.